The molecule has 2 heterocycles. The number of hydrazone groups is 1. The van der Waals surface area contributed by atoms with Crippen molar-refractivity contribution in [2.24, 2.45) is 16.4 Å². The summed E-state index contributed by atoms with van der Waals surface area (Å²) in [4.78, 5) is 37.1. The molecule has 7 nitrogen and oxygen atoms in total. The smallest absolute Gasteiger partial charge is 0.311 e. The minimum Gasteiger partial charge on any atom is -0.481 e. The number of nitrogens with zero attached hydrogens (tertiary/aromatic N) is 3. The van der Waals surface area contributed by atoms with Gasteiger partial charge in [-0.3, -0.25) is 14.4 Å². The first kappa shape index (κ1) is 14.0. The van der Waals surface area contributed by atoms with Gasteiger partial charge < -0.3 is 10.0 Å². The first-order chi connectivity index (χ1) is 9.94. The highest BCUT2D eigenvalue weighted by Gasteiger charge is 2.56. The normalized spacial score (nSPS) is 32.1. The monoisotopic (exact) mass is 293 g/mol. The van der Waals surface area contributed by atoms with Gasteiger partial charge in [0.2, 0.25) is 5.91 Å². The fourth-order valence-corrected chi connectivity index (χ4v) is 3.80. The van der Waals surface area contributed by atoms with Gasteiger partial charge in [-0.05, 0) is 18.8 Å². The summed E-state index contributed by atoms with van der Waals surface area (Å²) in [6.45, 7) is 0.754. The second-order valence-corrected chi connectivity index (χ2v) is 6.20. The molecule has 2 aliphatic heterocycles. The third-order valence-electron chi connectivity index (χ3n) is 5.04. The molecule has 0 spiro atoms. The summed E-state index contributed by atoms with van der Waals surface area (Å²) in [5.74, 6) is -1.07. The molecule has 0 bridgehead atoms. The lowest BCUT2D eigenvalue weighted by atomic mass is 9.81. The molecule has 1 N–H and O–H groups in total. The van der Waals surface area contributed by atoms with Gasteiger partial charge in [0.15, 0.2) is 0 Å². The van der Waals surface area contributed by atoms with Crippen molar-refractivity contribution < 1.29 is 19.5 Å². The zero-order valence-corrected chi connectivity index (χ0v) is 12.0. The van der Waals surface area contributed by atoms with Crippen LogP contribution in [0.3, 0.4) is 0 Å². The number of rotatable bonds is 2. The lowest BCUT2D eigenvalue weighted by Gasteiger charge is -2.25. The van der Waals surface area contributed by atoms with Crippen LogP contribution in [0.2, 0.25) is 0 Å². The van der Waals surface area contributed by atoms with E-state index in [2.05, 4.69) is 5.10 Å². The second kappa shape index (κ2) is 4.82. The van der Waals surface area contributed by atoms with Crippen molar-refractivity contribution in [3.63, 3.8) is 0 Å². The first-order valence-electron chi connectivity index (χ1n) is 7.31. The molecule has 3 aliphatic rings. The van der Waals surface area contributed by atoms with E-state index in [1.165, 1.54) is 12.1 Å². The molecule has 0 radical (unpaired) electrons. The van der Waals surface area contributed by atoms with E-state index < -0.39 is 11.4 Å². The van der Waals surface area contributed by atoms with Crippen molar-refractivity contribution >= 4 is 23.5 Å². The van der Waals surface area contributed by atoms with E-state index in [0.29, 0.717) is 25.1 Å². The maximum atomic E-state index is 12.5. The molecule has 2 atom stereocenters. The van der Waals surface area contributed by atoms with Gasteiger partial charge in [0.05, 0.1) is 5.41 Å². The van der Waals surface area contributed by atoms with Crippen LogP contribution in [0.5, 0.6) is 0 Å². The molecule has 7 heteroatoms. The van der Waals surface area contributed by atoms with Crippen LogP contribution in [0.4, 0.5) is 0 Å². The molecule has 0 aromatic heterocycles. The molecular weight excluding hydrogens is 274 g/mol. The van der Waals surface area contributed by atoms with E-state index in [0.717, 1.165) is 12.8 Å². The summed E-state index contributed by atoms with van der Waals surface area (Å²) in [5, 5.41) is 14.8. The third kappa shape index (κ3) is 2.11. The Hall–Kier alpha value is -1.92. The Morgan fingerprint density at radius 1 is 1.38 bits per heavy atom. The summed E-state index contributed by atoms with van der Waals surface area (Å²) in [7, 11) is 1.53. The van der Waals surface area contributed by atoms with Crippen molar-refractivity contribution in [1.82, 2.24) is 9.91 Å². The van der Waals surface area contributed by atoms with Crippen LogP contribution >= 0.6 is 0 Å². The summed E-state index contributed by atoms with van der Waals surface area (Å²) in [6.07, 6.45) is 3.03. The lowest BCUT2D eigenvalue weighted by molar-refractivity contribution is -0.149. The van der Waals surface area contributed by atoms with Crippen molar-refractivity contribution in [3.05, 3.63) is 0 Å². The third-order valence-corrected chi connectivity index (χ3v) is 5.04. The molecule has 2 amide bonds. The number of carboxylic acids is 1. The summed E-state index contributed by atoms with van der Waals surface area (Å²) < 4.78 is 0. The van der Waals surface area contributed by atoms with Gasteiger partial charge in [-0.15, -0.1) is 0 Å². The van der Waals surface area contributed by atoms with Gasteiger partial charge in [0, 0.05) is 33.0 Å². The Morgan fingerprint density at radius 2 is 2.14 bits per heavy atom. The SMILES string of the molecule is CN1N=C(C(=O)N2CC3CCCC3(C(=O)O)C2)CCC1=O. The van der Waals surface area contributed by atoms with Crippen molar-refractivity contribution in [1.29, 1.82) is 0 Å². The van der Waals surface area contributed by atoms with Crippen LogP contribution in [0, 0.1) is 11.3 Å². The van der Waals surface area contributed by atoms with Crippen LogP contribution in [0.1, 0.15) is 32.1 Å². The molecule has 2 fully saturated rings. The zero-order chi connectivity index (χ0) is 15.2. The molecule has 3 rings (SSSR count). The number of amides is 2. The Kier molecular flexibility index (Phi) is 3.22. The molecule has 1 saturated carbocycles. The molecule has 2 unspecified atom stereocenters. The van der Waals surface area contributed by atoms with Crippen LogP contribution in [0.25, 0.3) is 0 Å². The number of carbonyl (C=O) groups excluding carboxylic acids is 2. The summed E-state index contributed by atoms with van der Waals surface area (Å²) in [6, 6.07) is 0. The molecule has 0 aromatic rings. The second-order valence-electron chi connectivity index (χ2n) is 6.20. The maximum Gasteiger partial charge on any atom is 0.311 e. The molecule has 21 heavy (non-hydrogen) atoms. The summed E-state index contributed by atoms with van der Waals surface area (Å²) >= 11 is 0. The minimum absolute atomic E-state index is 0.0440. The van der Waals surface area contributed by atoms with Crippen LogP contribution in [-0.2, 0) is 14.4 Å². The Bertz CT molecular complexity index is 544. The first-order valence-corrected chi connectivity index (χ1v) is 7.31. The lowest BCUT2D eigenvalue weighted by Crippen LogP contribution is -2.42. The van der Waals surface area contributed by atoms with Crippen molar-refractivity contribution in [2.75, 3.05) is 20.1 Å². The van der Waals surface area contributed by atoms with Crippen LogP contribution in [0.15, 0.2) is 5.10 Å². The van der Waals surface area contributed by atoms with Gasteiger partial charge in [-0.1, -0.05) is 6.42 Å². The van der Waals surface area contributed by atoms with Crippen LogP contribution in [-0.4, -0.2) is 58.6 Å². The van der Waals surface area contributed by atoms with E-state index >= 15 is 0 Å². The molecular formula is C14H19N3O4. The molecule has 114 valence electrons. The highest BCUT2D eigenvalue weighted by atomic mass is 16.4. The topological polar surface area (TPSA) is 90.3 Å². The van der Waals surface area contributed by atoms with Gasteiger partial charge in [-0.25, -0.2) is 5.01 Å². The number of hydrogen-bond donors (Lipinski definition) is 1. The number of carbonyl (C=O) groups is 3. The fraction of sp³-hybridized carbons (Fsp3) is 0.714. The molecule has 0 aromatic carbocycles. The molecule has 1 aliphatic carbocycles. The number of likely N-dealkylation sites (tertiary alicyclic amines) is 1. The number of carboxylic acid groups (broad SMARTS) is 1. The van der Waals surface area contributed by atoms with Gasteiger partial charge >= 0.3 is 5.97 Å². The Morgan fingerprint density at radius 3 is 2.76 bits per heavy atom. The minimum atomic E-state index is -0.793. The van der Waals surface area contributed by atoms with Gasteiger partial charge in [0.1, 0.15) is 5.71 Å². The Balaban J connectivity index is 1.78. The number of hydrogen-bond acceptors (Lipinski definition) is 4. The fourth-order valence-electron chi connectivity index (χ4n) is 3.80. The Labute approximate surface area is 122 Å². The van der Waals surface area contributed by atoms with Crippen molar-refractivity contribution in [2.45, 2.75) is 32.1 Å². The average molecular weight is 293 g/mol. The number of fused-ring (bicyclic) bond motifs is 1. The quantitative estimate of drug-likeness (QED) is 0.793. The van der Waals surface area contributed by atoms with Crippen molar-refractivity contribution in [3.8, 4) is 0 Å². The predicted molar refractivity (Wildman–Crippen MR) is 73.4 cm³/mol. The highest BCUT2D eigenvalue weighted by molar-refractivity contribution is 6.39. The highest BCUT2D eigenvalue weighted by Crippen LogP contribution is 2.48. The maximum absolute atomic E-state index is 12.5. The zero-order valence-electron chi connectivity index (χ0n) is 12.0. The van der Waals surface area contributed by atoms with Gasteiger partial charge in [-0.2, -0.15) is 5.10 Å². The van der Waals surface area contributed by atoms with E-state index in [-0.39, 0.29) is 30.7 Å². The van der Waals surface area contributed by atoms with E-state index in [4.69, 9.17) is 0 Å². The van der Waals surface area contributed by atoms with E-state index in [1.807, 2.05) is 0 Å². The average Bonchev–Trinajstić information content (AvgIpc) is 2.98. The number of aliphatic carboxylic acids is 1. The standard InChI is InChI=1S/C14H19N3O4/c1-16-11(18)5-4-10(15-16)12(19)17-7-9-3-2-6-14(9,8-17)13(20)21/h9H,2-8H2,1H3,(H,20,21). The van der Waals surface area contributed by atoms with Gasteiger partial charge in [0.25, 0.3) is 5.91 Å². The summed E-state index contributed by atoms with van der Waals surface area (Å²) in [5.41, 5.74) is -0.412. The predicted octanol–water partition coefficient (Wildman–Crippen LogP) is 0.308. The largest absolute Gasteiger partial charge is 0.481 e. The van der Waals surface area contributed by atoms with E-state index in [9.17, 15) is 19.5 Å². The molecule has 1 saturated heterocycles. The van der Waals surface area contributed by atoms with Crippen LogP contribution < -0.4 is 0 Å². The van der Waals surface area contributed by atoms with E-state index in [1.54, 1.807) is 4.90 Å².